The second kappa shape index (κ2) is 3.01. The molecule has 54 valence electrons. The predicted molar refractivity (Wildman–Crippen MR) is 43.3 cm³/mol. The molecule has 10 heavy (non-hydrogen) atoms. The lowest BCUT2D eigenvalue weighted by Gasteiger charge is -1.99. The van der Waals surface area contributed by atoms with Crippen LogP contribution < -0.4 is 0 Å². The molecule has 1 rings (SSSR count). The highest BCUT2D eigenvalue weighted by Gasteiger charge is 1.98. The molecule has 3 heteroatoms. The van der Waals surface area contributed by atoms with Crippen molar-refractivity contribution in [1.29, 1.82) is 0 Å². The van der Waals surface area contributed by atoms with Gasteiger partial charge >= 0.3 is 0 Å². The van der Waals surface area contributed by atoms with Crippen LogP contribution in [0.5, 0.6) is 5.75 Å². The molecule has 0 fully saturated rings. The van der Waals surface area contributed by atoms with Crippen molar-refractivity contribution in [2.75, 3.05) is 0 Å². The first-order chi connectivity index (χ1) is 4.74. The topological polar surface area (TPSA) is 33.1 Å². The van der Waals surface area contributed by atoms with Gasteiger partial charge in [0.1, 0.15) is 5.75 Å². The van der Waals surface area contributed by atoms with Crippen LogP contribution in [-0.2, 0) is 5.33 Å². The molecular weight excluding hydrogens is 194 g/mol. The lowest BCUT2D eigenvalue weighted by molar-refractivity contribution is 0.467. The van der Waals surface area contributed by atoms with Gasteiger partial charge in [-0.3, -0.25) is 4.98 Å². The molecule has 1 aromatic rings. The van der Waals surface area contributed by atoms with Gasteiger partial charge in [-0.1, -0.05) is 15.9 Å². The third-order valence-corrected chi connectivity index (χ3v) is 1.75. The fraction of sp³-hybridized carbons (Fsp3) is 0.286. The summed E-state index contributed by atoms with van der Waals surface area (Å²) in [5.74, 6) is 0.252. The molecular formula is C7H8BrNO. The molecule has 0 saturated carbocycles. The van der Waals surface area contributed by atoms with Gasteiger partial charge in [0.25, 0.3) is 0 Å². The quantitative estimate of drug-likeness (QED) is 0.706. The Kier molecular flexibility index (Phi) is 2.27. The summed E-state index contributed by atoms with van der Waals surface area (Å²) >= 11 is 3.22. The maximum Gasteiger partial charge on any atom is 0.137 e. The van der Waals surface area contributed by atoms with Crippen molar-refractivity contribution >= 4 is 15.9 Å². The number of halogens is 1. The van der Waals surface area contributed by atoms with E-state index in [2.05, 4.69) is 20.9 Å². The summed E-state index contributed by atoms with van der Waals surface area (Å²) in [6.07, 6.45) is 0. The van der Waals surface area contributed by atoms with Crippen molar-refractivity contribution in [2.45, 2.75) is 12.3 Å². The van der Waals surface area contributed by atoms with E-state index in [1.54, 1.807) is 12.1 Å². The predicted octanol–water partition coefficient (Wildman–Crippen LogP) is 1.99. The van der Waals surface area contributed by atoms with Crippen molar-refractivity contribution < 1.29 is 5.11 Å². The minimum absolute atomic E-state index is 0.252. The summed E-state index contributed by atoms with van der Waals surface area (Å²) in [7, 11) is 0. The van der Waals surface area contributed by atoms with E-state index in [1.165, 1.54) is 0 Å². The highest BCUT2D eigenvalue weighted by Crippen LogP contribution is 2.16. The normalized spacial score (nSPS) is 9.80. The number of aromatic nitrogens is 1. The first-order valence-corrected chi connectivity index (χ1v) is 4.07. The van der Waals surface area contributed by atoms with Crippen molar-refractivity contribution in [2.24, 2.45) is 0 Å². The molecule has 0 atom stereocenters. The van der Waals surface area contributed by atoms with Crippen LogP contribution in [0, 0.1) is 6.92 Å². The van der Waals surface area contributed by atoms with Gasteiger partial charge in [-0.15, -0.1) is 0 Å². The van der Waals surface area contributed by atoms with Gasteiger partial charge in [-0.05, 0) is 19.1 Å². The van der Waals surface area contributed by atoms with Gasteiger partial charge < -0.3 is 5.11 Å². The molecule has 1 heterocycles. The molecule has 0 aliphatic rings. The van der Waals surface area contributed by atoms with E-state index in [0.717, 1.165) is 5.69 Å². The summed E-state index contributed by atoms with van der Waals surface area (Å²) in [5.41, 5.74) is 1.62. The third kappa shape index (κ3) is 1.48. The molecule has 1 N–H and O–H groups in total. The minimum atomic E-state index is 0.252. The van der Waals surface area contributed by atoms with Crippen LogP contribution in [0.2, 0.25) is 0 Å². The number of rotatable bonds is 1. The lowest BCUT2D eigenvalue weighted by Crippen LogP contribution is -1.87. The second-order valence-corrected chi connectivity index (χ2v) is 2.61. The summed E-state index contributed by atoms with van der Waals surface area (Å²) < 4.78 is 0. The Labute approximate surface area is 68.0 Å². The van der Waals surface area contributed by atoms with Gasteiger partial charge in [0, 0.05) is 11.0 Å². The fourth-order valence-electron chi connectivity index (χ4n) is 0.701. The number of hydrogen-bond acceptors (Lipinski definition) is 2. The molecule has 0 spiro atoms. The van der Waals surface area contributed by atoms with Gasteiger partial charge in [-0.2, -0.15) is 0 Å². The molecule has 2 nitrogen and oxygen atoms in total. The van der Waals surface area contributed by atoms with E-state index < -0.39 is 0 Å². The van der Waals surface area contributed by atoms with Gasteiger partial charge in [-0.25, -0.2) is 0 Å². The van der Waals surface area contributed by atoms with Crippen molar-refractivity contribution in [3.63, 3.8) is 0 Å². The number of aryl methyl sites for hydroxylation is 1. The number of hydrogen-bond donors (Lipinski definition) is 1. The number of alkyl halides is 1. The van der Waals surface area contributed by atoms with E-state index in [1.807, 2.05) is 6.92 Å². The maximum absolute atomic E-state index is 9.14. The summed E-state index contributed by atoms with van der Waals surface area (Å²) in [5, 5.41) is 9.74. The summed E-state index contributed by atoms with van der Waals surface area (Å²) in [6.45, 7) is 1.89. The molecule has 0 saturated heterocycles. The van der Waals surface area contributed by atoms with Crippen LogP contribution in [0.4, 0.5) is 0 Å². The van der Waals surface area contributed by atoms with E-state index >= 15 is 0 Å². The second-order valence-electron chi connectivity index (χ2n) is 2.05. The standard InChI is InChI=1S/C7H8BrNO/c1-5-2-3-7(10)6(4-8)9-5/h2-3,10H,4H2,1H3. The molecule has 0 aliphatic carbocycles. The van der Waals surface area contributed by atoms with Crippen molar-refractivity contribution in [3.8, 4) is 5.75 Å². The number of nitrogens with zero attached hydrogens (tertiary/aromatic N) is 1. The fourth-order valence-corrected chi connectivity index (χ4v) is 1.11. The minimum Gasteiger partial charge on any atom is -0.506 e. The van der Waals surface area contributed by atoms with Crippen LogP contribution >= 0.6 is 15.9 Å². The van der Waals surface area contributed by atoms with E-state index in [9.17, 15) is 0 Å². The SMILES string of the molecule is Cc1ccc(O)c(CBr)n1. The van der Waals surface area contributed by atoms with Crippen LogP contribution in [0.25, 0.3) is 0 Å². The Bertz CT molecular complexity index is 237. The molecule has 0 unspecified atom stereocenters. The van der Waals surface area contributed by atoms with E-state index in [0.29, 0.717) is 11.0 Å². The Balaban J connectivity index is 3.09. The van der Waals surface area contributed by atoms with Crippen LogP contribution in [0.15, 0.2) is 12.1 Å². The summed E-state index contributed by atoms with van der Waals surface area (Å²) in [6, 6.07) is 3.43. The Hall–Kier alpha value is -0.570. The Morgan fingerprint density at radius 3 is 2.80 bits per heavy atom. The number of pyridine rings is 1. The summed E-state index contributed by atoms with van der Waals surface area (Å²) in [4.78, 5) is 4.09. The largest absolute Gasteiger partial charge is 0.506 e. The van der Waals surface area contributed by atoms with Crippen LogP contribution in [-0.4, -0.2) is 10.1 Å². The molecule has 0 radical (unpaired) electrons. The first kappa shape index (κ1) is 7.54. The Morgan fingerprint density at radius 1 is 1.60 bits per heavy atom. The van der Waals surface area contributed by atoms with Crippen LogP contribution in [0.1, 0.15) is 11.4 Å². The smallest absolute Gasteiger partial charge is 0.137 e. The van der Waals surface area contributed by atoms with Crippen molar-refractivity contribution in [1.82, 2.24) is 4.98 Å². The number of aromatic hydroxyl groups is 1. The van der Waals surface area contributed by atoms with E-state index in [-0.39, 0.29) is 5.75 Å². The lowest BCUT2D eigenvalue weighted by atomic mass is 10.3. The van der Waals surface area contributed by atoms with Gasteiger partial charge in [0.15, 0.2) is 0 Å². The van der Waals surface area contributed by atoms with E-state index in [4.69, 9.17) is 5.11 Å². The van der Waals surface area contributed by atoms with Gasteiger partial charge in [0.2, 0.25) is 0 Å². The van der Waals surface area contributed by atoms with Crippen molar-refractivity contribution in [3.05, 3.63) is 23.5 Å². The zero-order valence-corrected chi connectivity index (χ0v) is 7.22. The Morgan fingerprint density at radius 2 is 2.30 bits per heavy atom. The highest BCUT2D eigenvalue weighted by atomic mass is 79.9. The molecule has 0 amide bonds. The zero-order valence-electron chi connectivity index (χ0n) is 5.63. The molecule has 0 bridgehead atoms. The zero-order chi connectivity index (χ0) is 7.56. The average molecular weight is 202 g/mol. The molecule has 0 aromatic carbocycles. The average Bonchev–Trinajstić information content (AvgIpc) is 1.94. The maximum atomic E-state index is 9.14. The third-order valence-electron chi connectivity index (χ3n) is 1.22. The molecule has 0 aliphatic heterocycles. The first-order valence-electron chi connectivity index (χ1n) is 2.95. The van der Waals surface area contributed by atoms with Crippen LogP contribution in [0.3, 0.4) is 0 Å². The monoisotopic (exact) mass is 201 g/mol. The molecule has 1 aromatic heterocycles. The highest BCUT2D eigenvalue weighted by molar-refractivity contribution is 9.08. The van der Waals surface area contributed by atoms with Gasteiger partial charge in [0.05, 0.1) is 5.69 Å².